The first-order valence-corrected chi connectivity index (χ1v) is 10.5. The Kier molecular flexibility index (Phi) is 2.91. The van der Waals surface area contributed by atoms with Crippen molar-refractivity contribution in [2.24, 2.45) is 5.92 Å². The molecule has 6 rings (SSSR count). The van der Waals surface area contributed by atoms with Gasteiger partial charge in [0.2, 0.25) is 0 Å². The summed E-state index contributed by atoms with van der Waals surface area (Å²) >= 11 is 8.54. The van der Waals surface area contributed by atoms with Crippen molar-refractivity contribution in [2.75, 3.05) is 0 Å². The van der Waals surface area contributed by atoms with E-state index in [1.54, 1.807) is 16.0 Å². The highest BCUT2D eigenvalue weighted by molar-refractivity contribution is 7.10. The maximum Gasteiger partial charge on any atom is 0.0509 e. The molecule has 3 atom stereocenters. The highest BCUT2D eigenvalue weighted by atomic mass is 35.5. The van der Waals surface area contributed by atoms with Gasteiger partial charge in [-0.15, -0.1) is 11.3 Å². The molecular weight excluding hydrogens is 344 g/mol. The SMILES string of the molecule is ClC1=CCC2c3sccc3C3(C4=CCCC=C4c4ccccc43)C2C1. The summed E-state index contributed by atoms with van der Waals surface area (Å²) in [5, 5.41) is 3.36. The van der Waals surface area contributed by atoms with Gasteiger partial charge in [0, 0.05) is 15.8 Å². The number of allylic oxidation sites excluding steroid dienone is 6. The van der Waals surface area contributed by atoms with Crippen LogP contribution in [0.1, 0.15) is 53.2 Å². The van der Waals surface area contributed by atoms with Crippen molar-refractivity contribution in [3.63, 3.8) is 0 Å². The first kappa shape index (κ1) is 14.6. The second-order valence-corrected chi connectivity index (χ2v) is 9.10. The van der Waals surface area contributed by atoms with E-state index < -0.39 is 0 Å². The van der Waals surface area contributed by atoms with Gasteiger partial charge in [0.05, 0.1) is 5.41 Å². The third-order valence-corrected chi connectivity index (χ3v) is 8.08. The van der Waals surface area contributed by atoms with Gasteiger partial charge in [-0.2, -0.15) is 0 Å². The topological polar surface area (TPSA) is 0 Å². The summed E-state index contributed by atoms with van der Waals surface area (Å²) in [4.78, 5) is 1.60. The highest BCUT2D eigenvalue weighted by Crippen LogP contribution is 2.69. The van der Waals surface area contributed by atoms with Gasteiger partial charge in [0.25, 0.3) is 0 Å². The molecule has 0 saturated carbocycles. The maximum atomic E-state index is 6.59. The van der Waals surface area contributed by atoms with Gasteiger partial charge < -0.3 is 0 Å². The van der Waals surface area contributed by atoms with E-state index in [1.807, 2.05) is 11.3 Å². The zero-order valence-corrected chi connectivity index (χ0v) is 15.5. The van der Waals surface area contributed by atoms with Crippen molar-refractivity contribution in [3.8, 4) is 0 Å². The van der Waals surface area contributed by atoms with Gasteiger partial charge in [0.15, 0.2) is 0 Å². The normalized spacial score (nSPS) is 31.6. The van der Waals surface area contributed by atoms with Crippen LogP contribution in [0, 0.1) is 5.92 Å². The fourth-order valence-electron chi connectivity index (χ4n) is 5.93. The largest absolute Gasteiger partial charge is 0.148 e. The van der Waals surface area contributed by atoms with Gasteiger partial charge >= 0.3 is 0 Å². The molecule has 0 saturated heterocycles. The number of thiophene rings is 1. The Balaban J connectivity index is 1.73. The predicted molar refractivity (Wildman–Crippen MR) is 106 cm³/mol. The van der Waals surface area contributed by atoms with Crippen molar-refractivity contribution in [2.45, 2.75) is 37.0 Å². The highest BCUT2D eigenvalue weighted by Gasteiger charge is 2.60. The summed E-state index contributed by atoms with van der Waals surface area (Å²) in [6.07, 6.45) is 11.7. The summed E-state index contributed by atoms with van der Waals surface area (Å²) in [5.41, 5.74) is 7.63. The van der Waals surface area contributed by atoms with Gasteiger partial charge in [-0.1, -0.05) is 54.1 Å². The lowest BCUT2D eigenvalue weighted by atomic mass is 9.63. The Bertz CT molecular complexity index is 989. The van der Waals surface area contributed by atoms with Crippen LogP contribution in [0.4, 0.5) is 0 Å². The molecule has 4 aliphatic rings. The van der Waals surface area contributed by atoms with Gasteiger partial charge in [-0.3, -0.25) is 0 Å². The lowest BCUT2D eigenvalue weighted by Crippen LogP contribution is -2.35. The molecule has 0 fully saturated rings. The molecule has 0 amide bonds. The van der Waals surface area contributed by atoms with E-state index in [2.05, 4.69) is 53.9 Å². The van der Waals surface area contributed by atoms with Crippen LogP contribution in [0.25, 0.3) is 5.57 Å². The Hall–Kier alpha value is -1.57. The average Bonchev–Trinajstić information content (AvgIpc) is 3.29. The van der Waals surface area contributed by atoms with Crippen LogP contribution in [0.3, 0.4) is 0 Å². The van der Waals surface area contributed by atoms with Crippen LogP contribution in [0.15, 0.2) is 64.5 Å². The van der Waals surface area contributed by atoms with E-state index >= 15 is 0 Å². The van der Waals surface area contributed by atoms with Crippen molar-refractivity contribution in [1.29, 1.82) is 0 Å². The van der Waals surface area contributed by atoms with Crippen molar-refractivity contribution >= 4 is 28.5 Å². The number of hydrogen-bond acceptors (Lipinski definition) is 1. The van der Waals surface area contributed by atoms with Crippen LogP contribution in [0.2, 0.25) is 0 Å². The van der Waals surface area contributed by atoms with Crippen molar-refractivity contribution < 1.29 is 0 Å². The van der Waals surface area contributed by atoms with Crippen LogP contribution < -0.4 is 0 Å². The minimum Gasteiger partial charge on any atom is -0.148 e. The number of hydrogen-bond donors (Lipinski definition) is 0. The zero-order chi connectivity index (χ0) is 16.6. The summed E-state index contributed by atoms with van der Waals surface area (Å²) in [6, 6.07) is 11.5. The number of benzene rings is 1. The van der Waals surface area contributed by atoms with E-state index in [1.165, 1.54) is 16.7 Å². The molecule has 1 aromatic heterocycles. The molecule has 25 heavy (non-hydrogen) atoms. The molecular formula is C23H19ClS. The summed E-state index contributed by atoms with van der Waals surface area (Å²) in [6.45, 7) is 0. The molecule has 1 spiro atoms. The first-order valence-electron chi connectivity index (χ1n) is 9.25. The standard InChI is InChI=1S/C23H19ClS/c24-14-9-10-17-21(13-14)23(20-11-12-25-22(17)20)18-7-3-1-5-15(18)16-6-2-4-8-19(16)23/h1,3,5-9,11-12,17,21H,2,4,10,13H2. The maximum absolute atomic E-state index is 6.59. The molecule has 1 heterocycles. The zero-order valence-electron chi connectivity index (χ0n) is 14.0. The Morgan fingerprint density at radius 3 is 2.84 bits per heavy atom. The summed E-state index contributed by atoms with van der Waals surface area (Å²) < 4.78 is 0. The Morgan fingerprint density at radius 1 is 1.00 bits per heavy atom. The number of fused-ring (bicyclic) bond motifs is 10. The summed E-state index contributed by atoms with van der Waals surface area (Å²) in [5.74, 6) is 1.18. The lowest BCUT2D eigenvalue weighted by molar-refractivity contribution is 0.343. The molecule has 124 valence electrons. The monoisotopic (exact) mass is 362 g/mol. The minimum absolute atomic E-state index is 0.0250. The van der Waals surface area contributed by atoms with E-state index in [0.29, 0.717) is 11.8 Å². The second kappa shape index (κ2) is 4.99. The van der Waals surface area contributed by atoms with E-state index in [4.69, 9.17) is 11.6 Å². The van der Waals surface area contributed by atoms with Gasteiger partial charge in [-0.25, -0.2) is 0 Å². The molecule has 1 aromatic carbocycles. The summed E-state index contributed by atoms with van der Waals surface area (Å²) in [7, 11) is 0. The van der Waals surface area contributed by atoms with E-state index in [-0.39, 0.29) is 5.41 Å². The second-order valence-electron chi connectivity index (χ2n) is 7.67. The number of halogens is 1. The Labute approximate surface area is 157 Å². The quantitative estimate of drug-likeness (QED) is 0.484. The molecule has 4 aliphatic carbocycles. The third-order valence-electron chi connectivity index (χ3n) is 6.73. The lowest BCUT2D eigenvalue weighted by Gasteiger charge is -2.39. The molecule has 0 radical (unpaired) electrons. The Morgan fingerprint density at radius 2 is 1.88 bits per heavy atom. The first-order chi connectivity index (χ1) is 12.3. The van der Waals surface area contributed by atoms with Crippen molar-refractivity contribution in [3.05, 3.63) is 86.1 Å². The van der Waals surface area contributed by atoms with Gasteiger partial charge in [-0.05, 0) is 70.9 Å². The van der Waals surface area contributed by atoms with Crippen LogP contribution in [0.5, 0.6) is 0 Å². The van der Waals surface area contributed by atoms with E-state index in [9.17, 15) is 0 Å². The molecule has 0 aliphatic heterocycles. The van der Waals surface area contributed by atoms with Crippen LogP contribution in [-0.4, -0.2) is 0 Å². The predicted octanol–water partition coefficient (Wildman–Crippen LogP) is 6.78. The molecule has 2 heteroatoms. The minimum atomic E-state index is 0.0250. The fraction of sp³-hybridized carbons (Fsp3) is 0.304. The molecule has 0 N–H and O–H groups in total. The molecule has 3 unspecified atom stereocenters. The van der Waals surface area contributed by atoms with Crippen molar-refractivity contribution in [1.82, 2.24) is 0 Å². The van der Waals surface area contributed by atoms with Crippen LogP contribution >= 0.6 is 22.9 Å². The van der Waals surface area contributed by atoms with Gasteiger partial charge in [0.1, 0.15) is 0 Å². The fourth-order valence-corrected chi connectivity index (χ4v) is 7.33. The average molecular weight is 363 g/mol. The third kappa shape index (κ3) is 1.65. The van der Waals surface area contributed by atoms with Crippen LogP contribution in [-0.2, 0) is 5.41 Å². The smallest absolute Gasteiger partial charge is 0.0509 e. The van der Waals surface area contributed by atoms with E-state index in [0.717, 1.165) is 30.7 Å². The molecule has 0 bridgehead atoms. The molecule has 2 aromatic rings. The molecule has 0 nitrogen and oxygen atoms in total. The number of rotatable bonds is 0.